The maximum Gasteiger partial charge on any atom is 0.329 e. The fraction of sp³-hybridized carbons (Fsp3) is 0.188. The molecule has 8 nitrogen and oxygen atoms in total. The monoisotopic (exact) mass is 360 g/mol. The fourth-order valence-electron chi connectivity index (χ4n) is 2.50. The Bertz CT molecular complexity index is 1010. The van der Waals surface area contributed by atoms with Crippen molar-refractivity contribution in [2.24, 2.45) is 7.05 Å². The highest BCUT2D eigenvalue weighted by molar-refractivity contribution is 7.50. The van der Waals surface area contributed by atoms with Gasteiger partial charge < -0.3 is 15.1 Å². The maximum atomic E-state index is 11.7. The SMILES string of the molecule is Cn1c(=O)ccc2c(NCc3ccc(CP(=O)(O)O)cc3)ncnc21. The number of anilines is 1. The third-order valence-corrected chi connectivity index (χ3v) is 4.55. The molecule has 0 unspecified atom stereocenters. The second kappa shape index (κ2) is 6.76. The predicted molar refractivity (Wildman–Crippen MR) is 94.3 cm³/mol. The molecule has 2 aromatic heterocycles. The summed E-state index contributed by atoms with van der Waals surface area (Å²) in [6.07, 6.45) is 1.12. The summed E-state index contributed by atoms with van der Waals surface area (Å²) in [6, 6.07) is 10.1. The quantitative estimate of drug-likeness (QED) is 0.592. The minimum absolute atomic E-state index is 0.141. The van der Waals surface area contributed by atoms with Crippen molar-refractivity contribution in [2.75, 3.05) is 5.32 Å². The minimum atomic E-state index is -4.06. The Morgan fingerprint density at radius 2 is 1.76 bits per heavy atom. The van der Waals surface area contributed by atoms with Crippen molar-refractivity contribution in [2.45, 2.75) is 12.7 Å². The molecule has 0 spiro atoms. The van der Waals surface area contributed by atoms with E-state index >= 15 is 0 Å². The van der Waals surface area contributed by atoms with Crippen LogP contribution in [-0.4, -0.2) is 24.3 Å². The van der Waals surface area contributed by atoms with Crippen molar-refractivity contribution in [1.29, 1.82) is 0 Å². The molecule has 9 heteroatoms. The molecule has 0 saturated heterocycles. The van der Waals surface area contributed by atoms with Crippen LogP contribution in [0.5, 0.6) is 0 Å². The van der Waals surface area contributed by atoms with Gasteiger partial charge in [0.25, 0.3) is 5.56 Å². The molecule has 2 heterocycles. The number of fused-ring (bicyclic) bond motifs is 1. The molecule has 0 saturated carbocycles. The summed E-state index contributed by atoms with van der Waals surface area (Å²) in [6.45, 7) is 0.477. The number of nitrogens with zero attached hydrogens (tertiary/aromatic N) is 3. The summed E-state index contributed by atoms with van der Waals surface area (Å²) in [4.78, 5) is 38.0. The van der Waals surface area contributed by atoms with Gasteiger partial charge in [0, 0.05) is 19.7 Å². The Morgan fingerprint density at radius 3 is 2.44 bits per heavy atom. The number of aryl methyl sites for hydroxylation is 1. The Kier molecular flexibility index (Phi) is 4.67. The average molecular weight is 360 g/mol. The van der Waals surface area contributed by atoms with Gasteiger partial charge in [-0.25, -0.2) is 9.97 Å². The van der Waals surface area contributed by atoms with Gasteiger partial charge in [-0.15, -0.1) is 0 Å². The van der Waals surface area contributed by atoms with Crippen LogP contribution in [0, 0.1) is 0 Å². The topological polar surface area (TPSA) is 117 Å². The third kappa shape index (κ3) is 4.11. The largest absolute Gasteiger partial charge is 0.365 e. The Balaban J connectivity index is 1.78. The zero-order valence-electron chi connectivity index (χ0n) is 13.5. The lowest BCUT2D eigenvalue weighted by Gasteiger charge is -2.10. The van der Waals surface area contributed by atoms with E-state index in [0.29, 0.717) is 23.6 Å². The lowest BCUT2D eigenvalue weighted by atomic mass is 10.1. The zero-order chi connectivity index (χ0) is 18.0. The standard InChI is InChI=1S/C16H17N4O4P/c1-20-14(21)7-6-13-15(18-10-19-16(13)20)17-8-11-2-4-12(5-3-11)9-25(22,23)24/h2-7,10H,8-9H2,1H3,(H,17,18,19)(H2,22,23,24). The number of aromatic nitrogens is 3. The van der Waals surface area contributed by atoms with Gasteiger partial charge in [-0.1, -0.05) is 24.3 Å². The molecule has 25 heavy (non-hydrogen) atoms. The summed E-state index contributed by atoms with van der Waals surface area (Å²) in [5.74, 6) is 0.611. The highest BCUT2D eigenvalue weighted by Gasteiger charge is 2.13. The van der Waals surface area contributed by atoms with E-state index in [4.69, 9.17) is 9.79 Å². The first-order valence-electron chi connectivity index (χ1n) is 7.50. The number of benzene rings is 1. The Morgan fingerprint density at radius 1 is 1.08 bits per heavy atom. The van der Waals surface area contributed by atoms with Crippen molar-refractivity contribution < 1.29 is 14.4 Å². The molecule has 3 rings (SSSR count). The van der Waals surface area contributed by atoms with Crippen molar-refractivity contribution in [3.8, 4) is 0 Å². The van der Waals surface area contributed by atoms with Gasteiger partial charge in [0.05, 0.1) is 11.5 Å². The van der Waals surface area contributed by atoms with E-state index in [1.165, 1.54) is 17.0 Å². The third-order valence-electron chi connectivity index (χ3n) is 3.78. The lowest BCUT2D eigenvalue weighted by Crippen LogP contribution is -2.17. The van der Waals surface area contributed by atoms with Gasteiger partial charge in [0.15, 0.2) is 0 Å². The Hall–Kier alpha value is -2.54. The highest BCUT2D eigenvalue weighted by Crippen LogP contribution is 2.38. The van der Waals surface area contributed by atoms with Crippen molar-refractivity contribution in [3.05, 3.63) is 64.2 Å². The first-order chi connectivity index (χ1) is 11.8. The van der Waals surface area contributed by atoms with E-state index in [1.54, 1.807) is 37.4 Å². The van der Waals surface area contributed by atoms with E-state index < -0.39 is 7.60 Å². The van der Waals surface area contributed by atoms with Crippen LogP contribution < -0.4 is 10.9 Å². The van der Waals surface area contributed by atoms with Crippen LogP contribution in [0.15, 0.2) is 47.5 Å². The van der Waals surface area contributed by atoms with Crippen LogP contribution in [0.3, 0.4) is 0 Å². The van der Waals surface area contributed by atoms with E-state index in [1.807, 2.05) is 0 Å². The number of rotatable bonds is 5. The molecule has 3 N–H and O–H groups in total. The van der Waals surface area contributed by atoms with Gasteiger partial charge in [-0.2, -0.15) is 0 Å². The molecule has 1 aromatic carbocycles. The molecule has 130 valence electrons. The summed E-state index contributed by atoms with van der Waals surface area (Å²) < 4.78 is 12.5. The van der Waals surface area contributed by atoms with Crippen LogP contribution in [0.4, 0.5) is 5.82 Å². The molecular weight excluding hydrogens is 343 g/mol. The van der Waals surface area contributed by atoms with E-state index in [-0.39, 0.29) is 11.7 Å². The highest BCUT2D eigenvalue weighted by atomic mass is 31.2. The van der Waals surface area contributed by atoms with E-state index in [2.05, 4.69) is 15.3 Å². The molecule has 0 fully saturated rings. The van der Waals surface area contributed by atoms with Crippen LogP contribution in [0.1, 0.15) is 11.1 Å². The Labute approximate surface area is 143 Å². The number of nitrogens with one attached hydrogen (secondary N) is 1. The number of hydrogen-bond donors (Lipinski definition) is 3. The molecule has 0 aliphatic rings. The molecule has 0 atom stereocenters. The van der Waals surface area contributed by atoms with Crippen LogP contribution in [-0.2, 0) is 24.3 Å². The van der Waals surface area contributed by atoms with Gasteiger partial charge in [-0.05, 0) is 17.2 Å². The smallest absolute Gasteiger partial charge is 0.329 e. The number of pyridine rings is 1. The first kappa shape index (κ1) is 17.3. The van der Waals surface area contributed by atoms with Gasteiger partial charge in [0.1, 0.15) is 17.8 Å². The van der Waals surface area contributed by atoms with Crippen LogP contribution in [0.25, 0.3) is 11.0 Å². The molecule has 3 aromatic rings. The molecule has 0 radical (unpaired) electrons. The zero-order valence-corrected chi connectivity index (χ0v) is 14.3. The van der Waals surface area contributed by atoms with Gasteiger partial charge in [0.2, 0.25) is 0 Å². The van der Waals surface area contributed by atoms with Crippen LogP contribution >= 0.6 is 7.60 Å². The summed E-state index contributed by atoms with van der Waals surface area (Å²) in [5, 5.41) is 3.94. The molecule has 0 bridgehead atoms. The fourth-order valence-corrected chi connectivity index (χ4v) is 3.19. The predicted octanol–water partition coefficient (Wildman–Crippen LogP) is 1.62. The van der Waals surface area contributed by atoms with Crippen molar-refractivity contribution in [3.63, 3.8) is 0 Å². The van der Waals surface area contributed by atoms with Crippen molar-refractivity contribution >= 4 is 24.4 Å². The molecule has 0 aliphatic carbocycles. The minimum Gasteiger partial charge on any atom is -0.365 e. The van der Waals surface area contributed by atoms with E-state index in [0.717, 1.165) is 10.9 Å². The average Bonchev–Trinajstić information content (AvgIpc) is 2.56. The first-order valence-corrected chi connectivity index (χ1v) is 9.30. The number of hydrogen-bond acceptors (Lipinski definition) is 5. The molecular formula is C16H17N4O4P. The van der Waals surface area contributed by atoms with Crippen molar-refractivity contribution in [1.82, 2.24) is 14.5 Å². The second-order valence-electron chi connectivity index (χ2n) is 5.68. The molecule has 0 aliphatic heterocycles. The van der Waals surface area contributed by atoms with Gasteiger partial charge >= 0.3 is 7.60 Å². The second-order valence-corrected chi connectivity index (χ2v) is 7.33. The summed E-state index contributed by atoms with van der Waals surface area (Å²) in [5.41, 5.74) is 1.92. The summed E-state index contributed by atoms with van der Waals surface area (Å²) in [7, 11) is -2.41. The maximum absolute atomic E-state index is 11.7. The van der Waals surface area contributed by atoms with E-state index in [9.17, 15) is 9.36 Å². The van der Waals surface area contributed by atoms with Gasteiger partial charge in [-0.3, -0.25) is 13.9 Å². The summed E-state index contributed by atoms with van der Waals surface area (Å²) >= 11 is 0. The normalized spacial score (nSPS) is 11.6. The van der Waals surface area contributed by atoms with Crippen LogP contribution in [0.2, 0.25) is 0 Å². The lowest BCUT2D eigenvalue weighted by molar-refractivity contribution is 0.371. The molecule has 0 amide bonds.